The molecule has 0 unspecified atom stereocenters. The van der Waals surface area contributed by atoms with Crippen LogP contribution in [0.4, 0.5) is 0 Å². The zero-order valence-electron chi connectivity index (χ0n) is 8.61. The van der Waals surface area contributed by atoms with Crippen LogP contribution >= 0.6 is 0 Å². The first-order valence-electron chi connectivity index (χ1n) is 4.37. The van der Waals surface area contributed by atoms with Crippen LogP contribution in [0.1, 0.15) is 6.92 Å². The minimum absolute atomic E-state index is 0.181. The number of aldehydes is 1. The Bertz CT molecular complexity index is 255. The fourth-order valence-corrected chi connectivity index (χ4v) is 0.855. The lowest BCUT2D eigenvalue weighted by Gasteiger charge is -2.29. The van der Waals surface area contributed by atoms with Crippen LogP contribution in [-0.2, 0) is 14.3 Å². The van der Waals surface area contributed by atoms with Crippen LogP contribution in [0, 0.1) is 0 Å². The first-order chi connectivity index (χ1) is 7.22. The zero-order valence-corrected chi connectivity index (χ0v) is 8.61. The predicted octanol–water partition coefficient (Wildman–Crippen LogP) is -3.52. The number of esters is 1. The van der Waals surface area contributed by atoms with E-state index in [2.05, 4.69) is 4.74 Å². The van der Waals surface area contributed by atoms with Gasteiger partial charge in [-0.2, -0.15) is 0 Å². The van der Waals surface area contributed by atoms with Gasteiger partial charge in [0.2, 0.25) is 0 Å². The van der Waals surface area contributed by atoms with E-state index >= 15 is 0 Å². The molecular formula is C8H15NO7. The molecule has 0 aromatic carbocycles. The fourth-order valence-electron chi connectivity index (χ4n) is 0.855. The van der Waals surface area contributed by atoms with E-state index in [0.29, 0.717) is 0 Å². The summed E-state index contributed by atoms with van der Waals surface area (Å²) in [6.07, 6.45) is -5.89. The van der Waals surface area contributed by atoms with Gasteiger partial charge in [0.15, 0.2) is 12.0 Å². The van der Waals surface area contributed by atoms with Crippen LogP contribution in [0.2, 0.25) is 0 Å². The van der Waals surface area contributed by atoms with Crippen molar-refractivity contribution in [1.29, 1.82) is 0 Å². The fraction of sp³-hybridized carbons (Fsp3) is 0.750. The van der Waals surface area contributed by atoms with Gasteiger partial charge in [0.25, 0.3) is 0 Å². The summed E-state index contributed by atoms with van der Waals surface area (Å²) in [7, 11) is 0. The average Bonchev–Trinajstić information content (AvgIpc) is 2.23. The number of aliphatic hydroxyl groups is 4. The van der Waals surface area contributed by atoms with E-state index in [1.165, 1.54) is 0 Å². The first kappa shape index (κ1) is 14.9. The van der Waals surface area contributed by atoms with Crippen molar-refractivity contribution >= 4 is 12.3 Å². The molecule has 0 saturated carbocycles. The number of nitrogens with two attached hydrogens (primary N) is 1. The summed E-state index contributed by atoms with van der Waals surface area (Å²) < 4.78 is 4.35. The number of ether oxygens (including phenoxy) is 1. The van der Waals surface area contributed by atoms with Crippen LogP contribution < -0.4 is 5.73 Å². The normalized spacial score (nSPS) is 20.4. The molecule has 6 N–H and O–H groups in total. The van der Waals surface area contributed by atoms with Gasteiger partial charge in [0.05, 0.1) is 0 Å². The third-order valence-electron chi connectivity index (χ3n) is 1.84. The molecule has 0 rings (SSSR count). The number of rotatable bonds is 6. The van der Waals surface area contributed by atoms with Gasteiger partial charge in [0.1, 0.15) is 24.9 Å². The predicted molar refractivity (Wildman–Crippen MR) is 49.9 cm³/mol. The van der Waals surface area contributed by atoms with Crippen LogP contribution in [0.25, 0.3) is 0 Å². The lowest BCUT2D eigenvalue weighted by molar-refractivity contribution is -0.169. The van der Waals surface area contributed by atoms with Gasteiger partial charge in [-0.05, 0) is 0 Å². The Morgan fingerprint density at radius 1 is 1.50 bits per heavy atom. The average molecular weight is 237 g/mol. The molecule has 0 aromatic heterocycles. The summed E-state index contributed by atoms with van der Waals surface area (Å²) in [6, 6.07) is 0. The van der Waals surface area contributed by atoms with Gasteiger partial charge < -0.3 is 25.2 Å². The van der Waals surface area contributed by atoms with E-state index in [9.17, 15) is 24.9 Å². The van der Waals surface area contributed by atoms with E-state index in [1.54, 1.807) is 0 Å². The Balaban J connectivity index is 4.37. The molecule has 0 aliphatic heterocycles. The molecule has 0 saturated heterocycles. The van der Waals surface area contributed by atoms with E-state index in [-0.39, 0.29) is 6.29 Å². The summed E-state index contributed by atoms with van der Waals surface area (Å²) in [5, 5.41) is 36.8. The molecule has 0 spiro atoms. The highest BCUT2D eigenvalue weighted by atomic mass is 16.5. The molecule has 94 valence electrons. The summed E-state index contributed by atoms with van der Waals surface area (Å²) in [5.74, 6) is -0.695. The summed E-state index contributed by atoms with van der Waals surface area (Å²) in [6.45, 7) is 0.489. The van der Waals surface area contributed by atoms with Gasteiger partial charge in [-0.25, -0.2) is 0 Å². The third kappa shape index (κ3) is 4.21. The minimum atomic E-state index is -2.68. The highest BCUT2D eigenvalue weighted by molar-refractivity contribution is 5.65. The topological polar surface area (TPSA) is 150 Å². The maximum absolute atomic E-state index is 10.4. The molecular weight excluding hydrogens is 222 g/mol. The van der Waals surface area contributed by atoms with Gasteiger partial charge in [-0.3, -0.25) is 15.3 Å². The number of aliphatic hydroxyl groups excluding tert-OH is 3. The highest BCUT2D eigenvalue weighted by Gasteiger charge is 2.39. The van der Waals surface area contributed by atoms with Crippen LogP contribution in [0.3, 0.4) is 0 Å². The SMILES string of the molecule is CC(=O)OC[C@@H](O)[C@H](O)[C@H](O)[C@@](N)(O)C=O. The Morgan fingerprint density at radius 2 is 2.00 bits per heavy atom. The lowest BCUT2D eigenvalue weighted by atomic mass is 10.00. The van der Waals surface area contributed by atoms with Crippen molar-refractivity contribution in [2.24, 2.45) is 5.73 Å². The molecule has 0 heterocycles. The maximum atomic E-state index is 10.4. The van der Waals surface area contributed by atoms with Crippen molar-refractivity contribution in [1.82, 2.24) is 0 Å². The molecule has 16 heavy (non-hydrogen) atoms. The smallest absolute Gasteiger partial charge is 0.302 e. The van der Waals surface area contributed by atoms with Crippen LogP contribution in [0.15, 0.2) is 0 Å². The molecule has 4 atom stereocenters. The van der Waals surface area contributed by atoms with Crippen molar-refractivity contribution in [2.75, 3.05) is 6.61 Å². The second-order valence-electron chi connectivity index (χ2n) is 3.31. The van der Waals surface area contributed by atoms with Gasteiger partial charge in [0, 0.05) is 6.92 Å². The monoisotopic (exact) mass is 237 g/mol. The molecule has 8 heteroatoms. The number of carbonyl (C=O) groups is 2. The third-order valence-corrected chi connectivity index (χ3v) is 1.84. The summed E-state index contributed by atoms with van der Waals surface area (Å²) in [4.78, 5) is 20.6. The maximum Gasteiger partial charge on any atom is 0.302 e. The lowest BCUT2D eigenvalue weighted by Crippen LogP contribution is -2.60. The highest BCUT2D eigenvalue weighted by Crippen LogP contribution is 2.09. The van der Waals surface area contributed by atoms with E-state index < -0.39 is 36.6 Å². The number of carbonyl (C=O) groups excluding carboxylic acids is 2. The van der Waals surface area contributed by atoms with Gasteiger partial charge >= 0.3 is 5.97 Å². The Labute approximate surface area is 91.2 Å². The summed E-state index contributed by atoms with van der Waals surface area (Å²) >= 11 is 0. The molecule has 0 aliphatic carbocycles. The Morgan fingerprint density at radius 3 is 2.38 bits per heavy atom. The van der Waals surface area contributed by atoms with Gasteiger partial charge in [-0.15, -0.1) is 0 Å². The number of hydrogen-bond donors (Lipinski definition) is 5. The molecule has 0 bridgehead atoms. The van der Waals surface area contributed by atoms with Gasteiger partial charge in [-0.1, -0.05) is 0 Å². The quantitative estimate of drug-likeness (QED) is 0.181. The molecule has 8 nitrogen and oxygen atoms in total. The standard InChI is InChI=1S/C8H15NO7/c1-4(11)16-2-5(12)6(13)7(14)8(9,15)3-10/h3,5-7,12-15H,2,9H2,1H3/t5-,6+,7+,8+/m1/s1. The number of hydrogen-bond acceptors (Lipinski definition) is 8. The van der Waals surface area contributed by atoms with Crippen LogP contribution in [-0.4, -0.2) is 63.3 Å². The molecule has 0 amide bonds. The summed E-state index contributed by atoms with van der Waals surface area (Å²) in [5.41, 5.74) is 2.23. The van der Waals surface area contributed by atoms with E-state index in [0.717, 1.165) is 6.92 Å². The Kier molecular flexibility index (Phi) is 5.48. The van der Waals surface area contributed by atoms with Crippen molar-refractivity contribution in [3.63, 3.8) is 0 Å². The first-order valence-corrected chi connectivity index (χ1v) is 4.37. The second kappa shape index (κ2) is 5.87. The van der Waals surface area contributed by atoms with Crippen molar-refractivity contribution in [3.05, 3.63) is 0 Å². The molecule has 0 aliphatic rings. The minimum Gasteiger partial charge on any atom is -0.463 e. The van der Waals surface area contributed by atoms with Crippen LogP contribution in [0.5, 0.6) is 0 Å². The van der Waals surface area contributed by atoms with Crippen molar-refractivity contribution < 1.29 is 34.8 Å². The van der Waals surface area contributed by atoms with E-state index in [1.807, 2.05) is 0 Å². The Hall–Kier alpha value is -1.06. The van der Waals surface area contributed by atoms with E-state index in [4.69, 9.17) is 10.8 Å². The largest absolute Gasteiger partial charge is 0.463 e. The molecule has 0 aromatic rings. The molecule has 0 fully saturated rings. The second-order valence-corrected chi connectivity index (χ2v) is 3.31. The zero-order chi connectivity index (χ0) is 12.9. The van der Waals surface area contributed by atoms with Crippen molar-refractivity contribution in [3.8, 4) is 0 Å². The molecule has 0 radical (unpaired) electrons. The van der Waals surface area contributed by atoms with Crippen molar-refractivity contribution in [2.45, 2.75) is 31.0 Å².